The number of aromatic nitrogens is 2. The van der Waals surface area contributed by atoms with Crippen LogP contribution in [0.3, 0.4) is 0 Å². The first-order chi connectivity index (χ1) is 19.5. The minimum atomic E-state index is -0.223. The summed E-state index contributed by atoms with van der Waals surface area (Å²) in [5.41, 5.74) is 7.31. The quantitative estimate of drug-likeness (QED) is 0.174. The van der Waals surface area contributed by atoms with Crippen molar-refractivity contribution in [2.45, 2.75) is 6.61 Å². The van der Waals surface area contributed by atoms with Gasteiger partial charge in [0.15, 0.2) is 0 Å². The van der Waals surface area contributed by atoms with Crippen LogP contribution in [0.1, 0.15) is 15.9 Å². The predicted molar refractivity (Wildman–Crippen MR) is 162 cm³/mol. The lowest BCUT2D eigenvalue weighted by atomic mass is 10.1. The largest absolute Gasteiger partial charge is 0.392 e. The fourth-order valence-corrected chi connectivity index (χ4v) is 4.19. The zero-order valence-corrected chi connectivity index (χ0v) is 22.3. The summed E-state index contributed by atoms with van der Waals surface area (Å²) in [4.78, 5) is 23.7. The molecule has 5 aromatic rings. The molecule has 0 aliphatic rings. The third-order valence-electron chi connectivity index (χ3n) is 6.30. The van der Waals surface area contributed by atoms with E-state index < -0.39 is 0 Å². The Balaban J connectivity index is 1.34. The van der Waals surface area contributed by atoms with Gasteiger partial charge in [-0.3, -0.25) is 4.79 Å². The number of hydrogen-bond donors (Lipinski definition) is 4. The molecule has 1 aromatic heterocycles. The van der Waals surface area contributed by atoms with Gasteiger partial charge in [0.25, 0.3) is 5.91 Å². The van der Waals surface area contributed by atoms with Crippen LogP contribution in [-0.2, 0) is 6.61 Å². The van der Waals surface area contributed by atoms with E-state index in [0.29, 0.717) is 17.1 Å². The maximum Gasteiger partial charge on any atom is 0.255 e. The van der Waals surface area contributed by atoms with Gasteiger partial charge in [-0.05, 0) is 60.2 Å². The Labute approximate surface area is 233 Å². The number of aliphatic hydroxyl groups excluding tert-OH is 1. The van der Waals surface area contributed by atoms with Crippen LogP contribution in [0.15, 0.2) is 109 Å². The number of benzene rings is 4. The number of carbonyl (C=O) groups is 1. The van der Waals surface area contributed by atoms with Gasteiger partial charge in [0.05, 0.1) is 12.3 Å². The maximum atomic E-state index is 12.7. The van der Waals surface area contributed by atoms with Crippen molar-refractivity contribution in [1.29, 1.82) is 0 Å². The Morgan fingerprint density at radius 3 is 2.27 bits per heavy atom. The highest BCUT2D eigenvalue weighted by atomic mass is 16.3. The molecule has 0 saturated heterocycles. The molecule has 4 aromatic carbocycles. The van der Waals surface area contributed by atoms with E-state index >= 15 is 0 Å². The molecule has 0 atom stereocenters. The Morgan fingerprint density at radius 2 is 1.50 bits per heavy atom. The van der Waals surface area contributed by atoms with Crippen LogP contribution in [0, 0.1) is 0 Å². The van der Waals surface area contributed by atoms with Crippen LogP contribution in [0.5, 0.6) is 0 Å². The highest BCUT2D eigenvalue weighted by Gasteiger charge is 2.10. The lowest BCUT2D eigenvalue weighted by Gasteiger charge is -2.15. The average molecular weight is 531 g/mol. The van der Waals surface area contributed by atoms with Crippen molar-refractivity contribution in [3.8, 4) is 11.3 Å². The van der Waals surface area contributed by atoms with Gasteiger partial charge in [-0.15, -0.1) is 0 Å². The molecule has 0 fully saturated rings. The molecule has 40 heavy (non-hydrogen) atoms. The first kappa shape index (κ1) is 26.4. The van der Waals surface area contributed by atoms with Gasteiger partial charge >= 0.3 is 0 Å². The summed E-state index contributed by atoms with van der Waals surface area (Å²) in [6.45, 7) is -0.0609. The zero-order chi connectivity index (χ0) is 27.9. The summed E-state index contributed by atoms with van der Waals surface area (Å²) in [7, 11) is 4.01. The number of hydrogen-bond acceptors (Lipinski definition) is 7. The molecule has 8 nitrogen and oxygen atoms in total. The molecule has 8 heteroatoms. The van der Waals surface area contributed by atoms with Crippen LogP contribution < -0.4 is 20.9 Å². The molecule has 0 saturated carbocycles. The summed E-state index contributed by atoms with van der Waals surface area (Å²) >= 11 is 0. The highest BCUT2D eigenvalue weighted by Crippen LogP contribution is 2.31. The molecule has 0 aliphatic carbocycles. The fourth-order valence-electron chi connectivity index (χ4n) is 4.19. The van der Waals surface area contributed by atoms with Gasteiger partial charge in [-0.25, -0.2) is 9.97 Å². The summed E-state index contributed by atoms with van der Waals surface area (Å²) in [6.07, 6.45) is 1.55. The molecule has 0 unspecified atom stereocenters. The average Bonchev–Trinajstić information content (AvgIpc) is 2.98. The van der Waals surface area contributed by atoms with E-state index in [2.05, 4.69) is 32.0 Å². The smallest absolute Gasteiger partial charge is 0.255 e. The molecular formula is C32H30N6O2. The number of carbonyl (C=O) groups excluding carboxylic acids is 1. The Morgan fingerprint density at radius 1 is 0.775 bits per heavy atom. The van der Waals surface area contributed by atoms with Crippen LogP contribution in [-0.4, -0.2) is 35.1 Å². The number of nitrogens with zero attached hydrogens (tertiary/aromatic N) is 3. The SMILES string of the molecule is CN(C)c1cccc(Nc2cc(-c3ccccc3Nc3cccc(NC(=O)c4ccc(CO)cc4)c3)ncn2)c1. The maximum absolute atomic E-state index is 12.7. The Hall–Kier alpha value is -5.21. The normalized spacial score (nSPS) is 10.6. The minimum Gasteiger partial charge on any atom is -0.392 e. The van der Waals surface area contributed by atoms with E-state index in [0.717, 1.165) is 39.6 Å². The minimum absolute atomic E-state index is 0.0609. The van der Waals surface area contributed by atoms with Crippen molar-refractivity contribution >= 4 is 40.2 Å². The van der Waals surface area contributed by atoms with E-state index in [1.807, 2.05) is 91.8 Å². The molecule has 0 spiro atoms. The molecule has 4 N–H and O–H groups in total. The number of aliphatic hydroxyl groups is 1. The van der Waals surface area contributed by atoms with Gasteiger partial charge in [0.2, 0.25) is 0 Å². The second kappa shape index (κ2) is 12.1. The predicted octanol–water partition coefficient (Wildman–Crippen LogP) is 6.44. The molecular weight excluding hydrogens is 500 g/mol. The molecule has 200 valence electrons. The monoisotopic (exact) mass is 530 g/mol. The molecule has 1 heterocycles. The van der Waals surface area contributed by atoms with Gasteiger partial charge < -0.3 is 26.0 Å². The molecule has 0 bridgehead atoms. The van der Waals surface area contributed by atoms with Crippen molar-refractivity contribution in [3.05, 3.63) is 121 Å². The third kappa shape index (κ3) is 6.43. The molecule has 0 radical (unpaired) electrons. The van der Waals surface area contributed by atoms with Gasteiger partial charge in [-0.2, -0.15) is 0 Å². The van der Waals surface area contributed by atoms with Gasteiger partial charge in [-0.1, -0.05) is 42.5 Å². The first-order valence-electron chi connectivity index (χ1n) is 12.8. The van der Waals surface area contributed by atoms with Gasteiger partial charge in [0, 0.05) is 59.7 Å². The molecule has 1 amide bonds. The topological polar surface area (TPSA) is 102 Å². The zero-order valence-electron chi connectivity index (χ0n) is 22.3. The highest BCUT2D eigenvalue weighted by molar-refractivity contribution is 6.04. The van der Waals surface area contributed by atoms with Gasteiger partial charge in [0.1, 0.15) is 12.1 Å². The van der Waals surface area contributed by atoms with Crippen molar-refractivity contribution < 1.29 is 9.90 Å². The van der Waals surface area contributed by atoms with Crippen molar-refractivity contribution in [2.75, 3.05) is 34.9 Å². The van der Waals surface area contributed by atoms with Crippen molar-refractivity contribution in [2.24, 2.45) is 0 Å². The number of anilines is 6. The van der Waals surface area contributed by atoms with Crippen LogP contribution in [0.25, 0.3) is 11.3 Å². The van der Waals surface area contributed by atoms with Crippen LogP contribution in [0.4, 0.5) is 34.3 Å². The number of amides is 1. The first-order valence-corrected chi connectivity index (χ1v) is 12.8. The van der Waals surface area contributed by atoms with Crippen molar-refractivity contribution in [1.82, 2.24) is 9.97 Å². The van der Waals surface area contributed by atoms with E-state index in [1.165, 1.54) is 0 Å². The summed E-state index contributed by atoms with van der Waals surface area (Å²) in [6, 6.07) is 32.3. The van der Waals surface area contributed by atoms with Crippen molar-refractivity contribution in [3.63, 3.8) is 0 Å². The third-order valence-corrected chi connectivity index (χ3v) is 6.30. The summed E-state index contributed by atoms with van der Waals surface area (Å²) in [5.74, 6) is 0.464. The second-order valence-electron chi connectivity index (χ2n) is 9.42. The summed E-state index contributed by atoms with van der Waals surface area (Å²) < 4.78 is 0. The summed E-state index contributed by atoms with van der Waals surface area (Å²) in [5, 5.41) is 19.0. The second-order valence-corrected chi connectivity index (χ2v) is 9.42. The molecule has 0 aliphatic heterocycles. The lowest BCUT2D eigenvalue weighted by molar-refractivity contribution is 0.102. The van der Waals surface area contributed by atoms with Crippen LogP contribution in [0.2, 0.25) is 0 Å². The van der Waals surface area contributed by atoms with E-state index in [4.69, 9.17) is 0 Å². The number of para-hydroxylation sites is 1. The fraction of sp³-hybridized carbons (Fsp3) is 0.0938. The Bertz CT molecular complexity index is 1620. The van der Waals surface area contributed by atoms with Crippen LogP contribution >= 0.6 is 0 Å². The van der Waals surface area contributed by atoms with E-state index in [-0.39, 0.29) is 12.5 Å². The molecule has 5 rings (SSSR count). The van der Waals surface area contributed by atoms with E-state index in [1.54, 1.807) is 30.6 Å². The Kier molecular flexibility index (Phi) is 7.99. The number of nitrogens with one attached hydrogen (secondary N) is 3. The standard InChI is InChI=1S/C32H30N6O2/c1-38(2)27-10-6-9-26(18-27)36-31-19-30(33-21-34-31)28-11-3-4-12-29(28)35-24-7-5-8-25(17-24)37-32(40)23-15-13-22(20-39)14-16-23/h3-19,21,35,39H,20H2,1-2H3,(H,37,40)(H,33,34,36). The lowest BCUT2D eigenvalue weighted by Crippen LogP contribution is -2.12. The van der Waals surface area contributed by atoms with E-state index in [9.17, 15) is 9.90 Å². The number of rotatable bonds is 9.